The van der Waals surface area contributed by atoms with E-state index in [2.05, 4.69) is 25.9 Å². The fourth-order valence-corrected chi connectivity index (χ4v) is 4.88. The molecule has 3 N–H and O–H groups in total. The largest absolute Gasteiger partial charge is 0.336 e. The van der Waals surface area contributed by atoms with Crippen molar-refractivity contribution in [1.82, 2.24) is 19.9 Å². The summed E-state index contributed by atoms with van der Waals surface area (Å²) in [5.41, 5.74) is 0.801. The number of thiocarbonyl (C=S) groups is 1. The minimum Gasteiger partial charge on any atom is -0.336 e. The number of nitrogens with zero attached hydrogens (tertiary/aromatic N) is 3. The van der Waals surface area contributed by atoms with Crippen LogP contribution in [0.5, 0.6) is 0 Å². The first kappa shape index (κ1) is 19.2. The van der Waals surface area contributed by atoms with E-state index in [1.807, 2.05) is 6.92 Å². The zero-order chi connectivity index (χ0) is 20.9. The summed E-state index contributed by atoms with van der Waals surface area (Å²) in [6.45, 7) is 1.86. The second-order valence-corrected chi connectivity index (χ2v) is 8.89. The Balaban J connectivity index is 1.48. The van der Waals surface area contributed by atoms with Gasteiger partial charge < -0.3 is 16.0 Å². The van der Waals surface area contributed by atoms with Crippen molar-refractivity contribution >= 4 is 40.4 Å². The first-order valence-electron chi connectivity index (χ1n) is 10.5. The van der Waals surface area contributed by atoms with Crippen molar-refractivity contribution in [3.05, 3.63) is 40.1 Å². The number of pyridine rings is 1. The number of rotatable bonds is 4. The van der Waals surface area contributed by atoms with Crippen LogP contribution in [-0.2, 0) is 5.66 Å². The van der Waals surface area contributed by atoms with Gasteiger partial charge in [0.25, 0.3) is 11.5 Å². The quantitative estimate of drug-likeness (QED) is 0.648. The zero-order valence-electron chi connectivity index (χ0n) is 16.8. The summed E-state index contributed by atoms with van der Waals surface area (Å²) in [5.74, 6) is 1.37. The third kappa shape index (κ3) is 3.27. The van der Waals surface area contributed by atoms with Crippen LogP contribution in [0.25, 0.3) is 0 Å². The fourth-order valence-electron chi connectivity index (χ4n) is 4.54. The average molecular weight is 425 g/mol. The molecule has 0 atom stereocenters. The molecule has 3 heterocycles. The molecule has 8 nitrogen and oxygen atoms in total. The second kappa shape index (κ2) is 7.16. The summed E-state index contributed by atoms with van der Waals surface area (Å²) >= 11 is 5.38. The van der Waals surface area contributed by atoms with E-state index in [4.69, 9.17) is 12.2 Å². The van der Waals surface area contributed by atoms with Gasteiger partial charge in [0.05, 0.1) is 4.99 Å². The van der Waals surface area contributed by atoms with E-state index in [0.29, 0.717) is 28.9 Å². The molecule has 2 aromatic rings. The smallest absolute Gasteiger partial charge is 0.276 e. The van der Waals surface area contributed by atoms with Gasteiger partial charge in [-0.05, 0) is 57.1 Å². The van der Waals surface area contributed by atoms with Crippen LogP contribution in [0, 0.1) is 12.8 Å². The lowest BCUT2D eigenvalue weighted by molar-refractivity contribution is 0.0876. The number of amides is 1. The highest BCUT2D eigenvalue weighted by Gasteiger charge is 2.45. The molecule has 0 unspecified atom stereocenters. The van der Waals surface area contributed by atoms with E-state index >= 15 is 0 Å². The number of hydrogen-bond donors (Lipinski definition) is 3. The van der Waals surface area contributed by atoms with Gasteiger partial charge in [0.2, 0.25) is 0 Å². The maximum Gasteiger partial charge on any atom is 0.276 e. The molecule has 2 aromatic heterocycles. The SMILES string of the molecule is Cc1cc(Nc2cc(NC(=S)C3CC3)ncn2)c(=O)n2c1C(=O)NC21CCCCC1. The van der Waals surface area contributed by atoms with Crippen LogP contribution >= 0.6 is 12.2 Å². The molecule has 0 aromatic carbocycles. The third-order valence-electron chi connectivity index (χ3n) is 6.19. The van der Waals surface area contributed by atoms with Crippen molar-refractivity contribution in [2.24, 2.45) is 5.92 Å². The Morgan fingerprint density at radius 3 is 2.63 bits per heavy atom. The lowest BCUT2D eigenvalue weighted by Gasteiger charge is -2.35. The Hall–Kier alpha value is -2.81. The molecule has 3 aliphatic rings. The summed E-state index contributed by atoms with van der Waals surface area (Å²) in [4.78, 5) is 35.3. The Morgan fingerprint density at radius 1 is 1.17 bits per heavy atom. The summed E-state index contributed by atoms with van der Waals surface area (Å²) < 4.78 is 1.68. The van der Waals surface area contributed by atoms with Crippen molar-refractivity contribution in [3.8, 4) is 0 Å². The molecule has 1 spiro atoms. The number of fused-ring (bicyclic) bond motifs is 2. The molecule has 1 aliphatic heterocycles. The highest BCUT2D eigenvalue weighted by atomic mass is 32.1. The average Bonchev–Trinajstić information content (AvgIpc) is 3.52. The van der Waals surface area contributed by atoms with E-state index in [1.54, 1.807) is 16.7 Å². The van der Waals surface area contributed by atoms with Gasteiger partial charge in [-0.3, -0.25) is 14.2 Å². The molecule has 2 fully saturated rings. The molecular weight excluding hydrogens is 400 g/mol. The van der Waals surface area contributed by atoms with Gasteiger partial charge in [-0.2, -0.15) is 0 Å². The van der Waals surface area contributed by atoms with E-state index in [-0.39, 0.29) is 11.5 Å². The first-order chi connectivity index (χ1) is 14.5. The number of aryl methyl sites for hydroxylation is 1. The summed E-state index contributed by atoms with van der Waals surface area (Å²) in [6.07, 6.45) is 8.31. The maximum absolute atomic E-state index is 13.4. The molecule has 0 radical (unpaired) electrons. The number of carbonyl (C=O) groups excluding carboxylic acids is 1. The van der Waals surface area contributed by atoms with Crippen molar-refractivity contribution < 1.29 is 4.79 Å². The molecule has 9 heteroatoms. The minimum atomic E-state index is -0.612. The molecule has 0 bridgehead atoms. The second-order valence-electron chi connectivity index (χ2n) is 8.45. The molecule has 5 rings (SSSR count). The molecule has 30 heavy (non-hydrogen) atoms. The van der Waals surface area contributed by atoms with Crippen LogP contribution in [0.3, 0.4) is 0 Å². The maximum atomic E-state index is 13.4. The fraction of sp³-hybridized carbons (Fsp3) is 0.476. The van der Waals surface area contributed by atoms with Crippen LogP contribution in [-0.4, -0.2) is 25.4 Å². The zero-order valence-corrected chi connectivity index (χ0v) is 17.6. The Kier molecular flexibility index (Phi) is 4.57. The first-order valence-corrected chi connectivity index (χ1v) is 10.9. The summed E-state index contributed by atoms with van der Waals surface area (Å²) in [7, 11) is 0. The van der Waals surface area contributed by atoms with Crippen molar-refractivity contribution in [1.29, 1.82) is 0 Å². The van der Waals surface area contributed by atoms with E-state index in [9.17, 15) is 9.59 Å². The number of anilines is 3. The third-order valence-corrected chi connectivity index (χ3v) is 6.63. The van der Waals surface area contributed by atoms with Gasteiger partial charge in [0, 0.05) is 12.0 Å². The highest BCUT2D eigenvalue weighted by molar-refractivity contribution is 7.80. The predicted octanol–water partition coefficient (Wildman–Crippen LogP) is 3.20. The van der Waals surface area contributed by atoms with Crippen molar-refractivity contribution in [3.63, 3.8) is 0 Å². The van der Waals surface area contributed by atoms with E-state index in [1.165, 1.54) is 6.33 Å². The monoisotopic (exact) mass is 424 g/mol. The minimum absolute atomic E-state index is 0.167. The topological polar surface area (TPSA) is 101 Å². The lowest BCUT2D eigenvalue weighted by atomic mass is 9.89. The number of carbonyl (C=O) groups is 1. The van der Waals surface area contributed by atoms with Crippen molar-refractivity contribution in [2.75, 3.05) is 10.6 Å². The number of nitrogens with one attached hydrogen (secondary N) is 3. The number of hydrogen-bond acceptors (Lipinski definition) is 6. The van der Waals surface area contributed by atoms with E-state index < -0.39 is 5.66 Å². The molecular formula is C21H24N6O2S. The summed E-state index contributed by atoms with van der Waals surface area (Å²) in [5, 5.41) is 9.38. The van der Waals surface area contributed by atoms with Crippen molar-refractivity contribution in [2.45, 2.75) is 57.5 Å². The van der Waals surface area contributed by atoms with Gasteiger partial charge in [-0.1, -0.05) is 18.6 Å². The lowest BCUT2D eigenvalue weighted by Crippen LogP contribution is -2.48. The van der Waals surface area contributed by atoms with Crippen LogP contribution < -0.4 is 21.5 Å². The Bertz CT molecular complexity index is 1100. The molecule has 2 aliphatic carbocycles. The van der Waals surface area contributed by atoms with Gasteiger partial charge in [-0.25, -0.2) is 9.97 Å². The number of aromatic nitrogens is 3. The predicted molar refractivity (Wildman–Crippen MR) is 118 cm³/mol. The molecule has 1 amide bonds. The standard InChI is InChI=1S/C21H24N6O2S/c1-12-9-14(24-15-10-16(23-11-22-15)25-19(30)13-5-6-13)20(29)27-17(12)18(28)26-21(27)7-3-2-4-8-21/h9-11,13H,2-8H2,1H3,(H,26,28)(H2,22,23,24,25,30). The van der Waals surface area contributed by atoms with E-state index in [0.717, 1.165) is 55.5 Å². The van der Waals surface area contributed by atoms with Gasteiger partial charge >= 0.3 is 0 Å². The van der Waals surface area contributed by atoms with Gasteiger partial charge in [0.1, 0.15) is 35.0 Å². The van der Waals surface area contributed by atoms with Gasteiger partial charge in [0.15, 0.2) is 0 Å². The molecule has 0 saturated heterocycles. The highest BCUT2D eigenvalue weighted by Crippen LogP contribution is 2.37. The van der Waals surface area contributed by atoms with Crippen LogP contribution in [0.1, 0.15) is 61.0 Å². The van der Waals surface area contributed by atoms with Crippen LogP contribution in [0.2, 0.25) is 0 Å². The summed E-state index contributed by atoms with van der Waals surface area (Å²) in [6, 6.07) is 3.46. The van der Waals surface area contributed by atoms with Crippen LogP contribution in [0.15, 0.2) is 23.3 Å². The normalized spacial score (nSPS) is 19.3. The Morgan fingerprint density at radius 2 is 1.90 bits per heavy atom. The molecule has 156 valence electrons. The van der Waals surface area contributed by atoms with Crippen LogP contribution in [0.4, 0.5) is 17.3 Å². The van der Waals surface area contributed by atoms with Gasteiger partial charge in [-0.15, -0.1) is 0 Å². The molecule has 2 saturated carbocycles. The Labute approximate surface area is 179 Å².